The molecule has 1 heterocycles. The highest BCUT2D eigenvalue weighted by Crippen LogP contribution is 2.11. The maximum absolute atomic E-state index is 5.92. The average Bonchev–Trinajstić information content (AvgIpc) is 2.04. The summed E-state index contributed by atoms with van der Waals surface area (Å²) in [5.74, 6) is 0. The van der Waals surface area contributed by atoms with E-state index in [1.165, 1.54) is 5.56 Å². The minimum atomic E-state index is 0.265. The van der Waals surface area contributed by atoms with Gasteiger partial charge in [-0.2, -0.15) is 0 Å². The van der Waals surface area contributed by atoms with Crippen LogP contribution in [0.3, 0.4) is 0 Å². The molecule has 1 rings (SSSR count). The summed E-state index contributed by atoms with van der Waals surface area (Å²) in [6.07, 6.45) is 6.80. The number of halogens is 1. The lowest BCUT2D eigenvalue weighted by atomic mass is 10.0. The Hall–Kier alpha value is -0.410. The number of aromatic nitrogens is 1. The van der Waals surface area contributed by atoms with Gasteiger partial charge < -0.3 is 5.73 Å². The SMILES string of the molecule is CCCC(N)Cc1cncc(Br)c1. The molecule has 3 heteroatoms. The molecule has 0 amide bonds. The van der Waals surface area contributed by atoms with Crippen LogP contribution in [0.15, 0.2) is 22.9 Å². The molecule has 0 aliphatic carbocycles. The summed E-state index contributed by atoms with van der Waals surface area (Å²) in [5.41, 5.74) is 7.13. The summed E-state index contributed by atoms with van der Waals surface area (Å²) >= 11 is 3.39. The number of hydrogen-bond acceptors (Lipinski definition) is 2. The molecule has 1 atom stereocenters. The summed E-state index contributed by atoms with van der Waals surface area (Å²) in [5, 5.41) is 0. The molecule has 0 aliphatic rings. The normalized spacial score (nSPS) is 12.8. The van der Waals surface area contributed by atoms with Crippen LogP contribution in [0.25, 0.3) is 0 Å². The first-order valence-electron chi connectivity index (χ1n) is 4.57. The van der Waals surface area contributed by atoms with E-state index in [4.69, 9.17) is 5.73 Å². The fraction of sp³-hybridized carbons (Fsp3) is 0.500. The number of pyridine rings is 1. The van der Waals surface area contributed by atoms with Gasteiger partial charge >= 0.3 is 0 Å². The third kappa shape index (κ3) is 3.87. The molecule has 72 valence electrons. The average molecular weight is 243 g/mol. The summed E-state index contributed by atoms with van der Waals surface area (Å²) < 4.78 is 1.02. The number of nitrogens with two attached hydrogens (primary N) is 1. The van der Waals surface area contributed by atoms with Crippen molar-refractivity contribution in [3.8, 4) is 0 Å². The molecular weight excluding hydrogens is 228 g/mol. The number of hydrogen-bond donors (Lipinski definition) is 1. The van der Waals surface area contributed by atoms with Crippen LogP contribution >= 0.6 is 15.9 Å². The molecule has 0 fully saturated rings. The fourth-order valence-electron chi connectivity index (χ4n) is 1.34. The van der Waals surface area contributed by atoms with Gasteiger partial charge in [-0.05, 0) is 40.4 Å². The van der Waals surface area contributed by atoms with Crippen LogP contribution in [0.1, 0.15) is 25.3 Å². The van der Waals surface area contributed by atoms with E-state index in [2.05, 4.69) is 33.9 Å². The van der Waals surface area contributed by atoms with Gasteiger partial charge in [0.25, 0.3) is 0 Å². The Morgan fingerprint density at radius 2 is 2.31 bits per heavy atom. The van der Waals surface area contributed by atoms with E-state index >= 15 is 0 Å². The van der Waals surface area contributed by atoms with Crippen molar-refractivity contribution in [3.05, 3.63) is 28.5 Å². The van der Waals surface area contributed by atoms with Gasteiger partial charge in [0.2, 0.25) is 0 Å². The van der Waals surface area contributed by atoms with E-state index in [1.54, 1.807) is 6.20 Å². The van der Waals surface area contributed by atoms with E-state index in [1.807, 2.05) is 6.20 Å². The van der Waals surface area contributed by atoms with Crippen LogP contribution < -0.4 is 5.73 Å². The van der Waals surface area contributed by atoms with Crippen LogP contribution in [0.2, 0.25) is 0 Å². The topological polar surface area (TPSA) is 38.9 Å². The van der Waals surface area contributed by atoms with Crippen molar-refractivity contribution < 1.29 is 0 Å². The lowest BCUT2D eigenvalue weighted by Gasteiger charge is -2.09. The second-order valence-corrected chi connectivity index (χ2v) is 4.18. The lowest BCUT2D eigenvalue weighted by Crippen LogP contribution is -2.22. The highest BCUT2D eigenvalue weighted by atomic mass is 79.9. The summed E-state index contributed by atoms with van der Waals surface area (Å²) in [4.78, 5) is 4.09. The Kier molecular flexibility index (Phi) is 4.39. The van der Waals surface area contributed by atoms with Gasteiger partial charge in [-0.1, -0.05) is 13.3 Å². The molecule has 0 bridgehead atoms. The van der Waals surface area contributed by atoms with Crippen molar-refractivity contribution >= 4 is 15.9 Å². The first-order chi connectivity index (χ1) is 6.22. The lowest BCUT2D eigenvalue weighted by molar-refractivity contribution is 0.599. The van der Waals surface area contributed by atoms with Crippen molar-refractivity contribution in [3.63, 3.8) is 0 Å². The van der Waals surface area contributed by atoms with Gasteiger partial charge in [-0.15, -0.1) is 0 Å². The maximum Gasteiger partial charge on any atom is 0.0410 e. The zero-order valence-electron chi connectivity index (χ0n) is 7.83. The smallest absolute Gasteiger partial charge is 0.0410 e. The highest BCUT2D eigenvalue weighted by Gasteiger charge is 2.03. The predicted octanol–water partition coefficient (Wildman–Crippen LogP) is 2.51. The maximum atomic E-state index is 5.92. The molecule has 0 saturated heterocycles. The molecular formula is C10H15BrN2. The quantitative estimate of drug-likeness (QED) is 0.882. The largest absolute Gasteiger partial charge is 0.327 e. The zero-order valence-corrected chi connectivity index (χ0v) is 9.42. The summed E-state index contributed by atoms with van der Waals surface area (Å²) in [6, 6.07) is 2.34. The van der Waals surface area contributed by atoms with Crippen molar-refractivity contribution in [2.45, 2.75) is 32.2 Å². The fourth-order valence-corrected chi connectivity index (χ4v) is 1.76. The molecule has 1 aromatic heterocycles. The molecule has 1 aromatic rings. The minimum Gasteiger partial charge on any atom is -0.327 e. The van der Waals surface area contributed by atoms with Crippen LogP contribution in [-0.2, 0) is 6.42 Å². The molecule has 1 unspecified atom stereocenters. The third-order valence-electron chi connectivity index (χ3n) is 1.92. The Morgan fingerprint density at radius 3 is 2.92 bits per heavy atom. The van der Waals surface area contributed by atoms with Gasteiger partial charge in [0.1, 0.15) is 0 Å². The van der Waals surface area contributed by atoms with Crippen LogP contribution in [-0.4, -0.2) is 11.0 Å². The number of rotatable bonds is 4. The van der Waals surface area contributed by atoms with Crippen LogP contribution in [0.5, 0.6) is 0 Å². The van der Waals surface area contributed by atoms with Gasteiger partial charge in [-0.3, -0.25) is 4.98 Å². The Bertz CT molecular complexity index is 263. The van der Waals surface area contributed by atoms with Gasteiger partial charge in [0, 0.05) is 22.9 Å². The van der Waals surface area contributed by atoms with Gasteiger partial charge in [0.15, 0.2) is 0 Å². The Morgan fingerprint density at radius 1 is 1.54 bits per heavy atom. The predicted molar refractivity (Wildman–Crippen MR) is 58.5 cm³/mol. The second-order valence-electron chi connectivity index (χ2n) is 3.26. The van der Waals surface area contributed by atoms with Crippen molar-refractivity contribution in [1.82, 2.24) is 4.98 Å². The van der Waals surface area contributed by atoms with Crippen molar-refractivity contribution in [2.75, 3.05) is 0 Å². The molecule has 0 aliphatic heterocycles. The summed E-state index contributed by atoms with van der Waals surface area (Å²) in [6.45, 7) is 2.15. The van der Waals surface area contributed by atoms with Gasteiger partial charge in [-0.25, -0.2) is 0 Å². The first kappa shape index (κ1) is 10.7. The monoisotopic (exact) mass is 242 g/mol. The Labute approximate surface area is 87.7 Å². The first-order valence-corrected chi connectivity index (χ1v) is 5.36. The standard InChI is InChI=1S/C10H15BrN2/c1-2-3-10(12)5-8-4-9(11)7-13-6-8/h4,6-7,10H,2-3,5,12H2,1H3. The minimum absolute atomic E-state index is 0.265. The molecule has 0 radical (unpaired) electrons. The van der Waals surface area contributed by atoms with Crippen LogP contribution in [0, 0.1) is 0 Å². The van der Waals surface area contributed by atoms with Gasteiger partial charge in [0.05, 0.1) is 0 Å². The zero-order chi connectivity index (χ0) is 9.68. The number of nitrogens with zero attached hydrogens (tertiary/aromatic N) is 1. The molecule has 2 N–H and O–H groups in total. The molecule has 0 saturated carbocycles. The molecule has 2 nitrogen and oxygen atoms in total. The van der Waals surface area contributed by atoms with E-state index in [0.29, 0.717) is 0 Å². The summed E-state index contributed by atoms with van der Waals surface area (Å²) in [7, 11) is 0. The second kappa shape index (κ2) is 5.35. The van der Waals surface area contributed by atoms with E-state index in [-0.39, 0.29) is 6.04 Å². The van der Waals surface area contributed by atoms with Crippen LogP contribution in [0.4, 0.5) is 0 Å². The molecule has 13 heavy (non-hydrogen) atoms. The Balaban J connectivity index is 2.53. The highest BCUT2D eigenvalue weighted by molar-refractivity contribution is 9.10. The van der Waals surface area contributed by atoms with Crippen molar-refractivity contribution in [2.24, 2.45) is 5.73 Å². The van der Waals surface area contributed by atoms with E-state index in [0.717, 1.165) is 23.7 Å². The third-order valence-corrected chi connectivity index (χ3v) is 2.35. The van der Waals surface area contributed by atoms with E-state index < -0.39 is 0 Å². The molecule has 0 aromatic carbocycles. The van der Waals surface area contributed by atoms with E-state index in [9.17, 15) is 0 Å². The van der Waals surface area contributed by atoms with Crippen molar-refractivity contribution in [1.29, 1.82) is 0 Å². The molecule has 0 spiro atoms.